The van der Waals surface area contributed by atoms with E-state index in [9.17, 15) is 19.8 Å². The number of aliphatic hydroxyl groups excluding tert-OH is 1. The number of rotatable bonds is 5. The molecule has 156 valence electrons. The Balaban J connectivity index is 1.79. The number of carboxylic acid groups (broad SMARTS) is 1. The second kappa shape index (κ2) is 7.25. The fourth-order valence-electron chi connectivity index (χ4n) is 4.65. The number of thiophene rings is 1. The van der Waals surface area contributed by atoms with Gasteiger partial charge in [-0.1, -0.05) is 0 Å². The van der Waals surface area contributed by atoms with Gasteiger partial charge in [0.2, 0.25) is 5.43 Å². The number of methoxy groups -OCH3 is 1. The van der Waals surface area contributed by atoms with Crippen molar-refractivity contribution >= 4 is 28.2 Å². The molecule has 5 rings (SSSR count). The lowest BCUT2D eigenvalue weighted by Crippen LogP contribution is -2.16. The second-order valence-corrected chi connectivity index (χ2v) is 9.31. The Labute approximate surface area is 177 Å². The highest BCUT2D eigenvalue weighted by molar-refractivity contribution is 7.15. The summed E-state index contributed by atoms with van der Waals surface area (Å²) in [6.07, 6.45) is 6.43. The van der Waals surface area contributed by atoms with Crippen LogP contribution < -0.4 is 10.2 Å². The highest BCUT2D eigenvalue weighted by atomic mass is 32.1. The molecule has 2 aromatic heterocycles. The summed E-state index contributed by atoms with van der Waals surface area (Å²) in [7, 11) is 1.59. The summed E-state index contributed by atoms with van der Waals surface area (Å²) in [6.45, 7) is 0.152. The Hall–Kier alpha value is -2.64. The lowest BCUT2D eigenvalue weighted by atomic mass is 9.87. The number of aliphatic hydroxyl groups is 1. The molecule has 2 aliphatic carbocycles. The average molecular weight is 426 g/mol. The smallest absolute Gasteiger partial charge is 0.341 e. The van der Waals surface area contributed by atoms with E-state index in [4.69, 9.17) is 4.74 Å². The number of H-pyrrole nitrogens is 1. The van der Waals surface area contributed by atoms with Crippen LogP contribution in [0.25, 0.3) is 21.3 Å². The van der Waals surface area contributed by atoms with Crippen molar-refractivity contribution in [1.82, 2.24) is 4.98 Å². The van der Waals surface area contributed by atoms with Crippen LogP contribution in [0.2, 0.25) is 0 Å². The van der Waals surface area contributed by atoms with Gasteiger partial charge in [-0.2, -0.15) is 0 Å². The van der Waals surface area contributed by atoms with E-state index in [0.717, 1.165) is 48.1 Å². The number of hydrogen-bond acceptors (Lipinski definition) is 5. The lowest BCUT2D eigenvalue weighted by molar-refractivity contribution is 0.0695. The number of aromatic nitrogens is 1. The highest BCUT2D eigenvalue weighted by Crippen LogP contribution is 2.52. The molecule has 3 aromatic rings. The fraction of sp³-hybridized carbons (Fsp3) is 0.391. The van der Waals surface area contributed by atoms with Crippen molar-refractivity contribution in [2.24, 2.45) is 0 Å². The van der Waals surface area contributed by atoms with Gasteiger partial charge >= 0.3 is 5.97 Å². The average Bonchev–Trinajstić information content (AvgIpc) is 3.50. The van der Waals surface area contributed by atoms with Gasteiger partial charge in [0.25, 0.3) is 0 Å². The van der Waals surface area contributed by atoms with Crippen LogP contribution in [-0.4, -0.2) is 34.9 Å². The van der Waals surface area contributed by atoms with Crippen LogP contribution in [0.15, 0.2) is 23.1 Å². The third-order valence-corrected chi connectivity index (χ3v) is 7.55. The summed E-state index contributed by atoms with van der Waals surface area (Å²) in [5.41, 5.74) is 3.03. The second-order valence-electron chi connectivity index (χ2n) is 8.17. The predicted octanol–water partition coefficient (Wildman–Crippen LogP) is 4.25. The zero-order valence-electron chi connectivity index (χ0n) is 16.7. The zero-order valence-corrected chi connectivity index (χ0v) is 17.5. The van der Waals surface area contributed by atoms with Crippen molar-refractivity contribution < 1.29 is 19.7 Å². The number of aromatic carboxylic acids is 1. The Bertz CT molecular complexity index is 1220. The lowest BCUT2D eigenvalue weighted by Gasteiger charge is -2.19. The van der Waals surface area contributed by atoms with Crippen molar-refractivity contribution in [1.29, 1.82) is 0 Å². The maximum atomic E-state index is 12.8. The van der Waals surface area contributed by atoms with Gasteiger partial charge in [0.1, 0.15) is 5.56 Å². The third-order valence-electron chi connectivity index (χ3n) is 6.32. The van der Waals surface area contributed by atoms with Gasteiger partial charge in [-0.3, -0.25) is 4.79 Å². The number of carbonyl (C=O) groups is 1. The Morgan fingerprint density at radius 3 is 2.73 bits per heavy atom. The van der Waals surface area contributed by atoms with E-state index in [1.54, 1.807) is 18.4 Å². The largest absolute Gasteiger partial charge is 0.494 e. The van der Waals surface area contributed by atoms with Crippen molar-refractivity contribution in [3.8, 4) is 16.2 Å². The highest BCUT2D eigenvalue weighted by Gasteiger charge is 2.32. The molecule has 0 aliphatic heterocycles. The maximum Gasteiger partial charge on any atom is 0.341 e. The molecule has 30 heavy (non-hydrogen) atoms. The molecule has 0 amide bonds. The molecule has 1 atom stereocenters. The van der Waals surface area contributed by atoms with Crippen molar-refractivity contribution in [2.75, 3.05) is 13.7 Å². The number of benzene rings is 1. The summed E-state index contributed by atoms with van der Waals surface area (Å²) in [5.74, 6) is -0.135. The molecule has 1 saturated carbocycles. The molecular formula is C23H23NO5S. The minimum atomic E-state index is -1.24. The first-order valence-electron chi connectivity index (χ1n) is 10.3. The van der Waals surface area contributed by atoms with Gasteiger partial charge in [0, 0.05) is 34.0 Å². The normalized spacial score (nSPS) is 18.4. The fourth-order valence-corrected chi connectivity index (χ4v) is 6.00. The van der Waals surface area contributed by atoms with Crippen LogP contribution in [0.1, 0.15) is 63.9 Å². The van der Waals surface area contributed by atoms with E-state index in [-0.39, 0.29) is 18.1 Å². The van der Waals surface area contributed by atoms with E-state index in [2.05, 4.69) is 11.1 Å². The van der Waals surface area contributed by atoms with Crippen molar-refractivity contribution in [3.05, 3.63) is 50.1 Å². The summed E-state index contributed by atoms with van der Waals surface area (Å²) in [6, 6.07) is 4.04. The van der Waals surface area contributed by atoms with Crippen LogP contribution in [0, 0.1) is 0 Å². The quantitative estimate of drug-likeness (QED) is 0.567. The summed E-state index contributed by atoms with van der Waals surface area (Å²) in [4.78, 5) is 29.7. The first-order chi connectivity index (χ1) is 14.5. The monoisotopic (exact) mass is 425 g/mol. The van der Waals surface area contributed by atoms with E-state index < -0.39 is 11.4 Å². The topological polar surface area (TPSA) is 99.6 Å². The van der Waals surface area contributed by atoms with Gasteiger partial charge in [-0.25, -0.2) is 4.79 Å². The Morgan fingerprint density at radius 1 is 1.27 bits per heavy atom. The van der Waals surface area contributed by atoms with E-state index >= 15 is 0 Å². The molecule has 1 unspecified atom stereocenters. The predicted molar refractivity (Wildman–Crippen MR) is 116 cm³/mol. The maximum absolute atomic E-state index is 12.8. The molecule has 0 spiro atoms. The van der Waals surface area contributed by atoms with Gasteiger partial charge < -0.3 is 19.9 Å². The summed E-state index contributed by atoms with van der Waals surface area (Å²) < 4.78 is 5.81. The van der Waals surface area contributed by atoms with Crippen LogP contribution in [-0.2, 0) is 6.42 Å². The van der Waals surface area contributed by atoms with Crippen LogP contribution >= 0.6 is 11.3 Å². The zero-order chi connectivity index (χ0) is 21.0. The third kappa shape index (κ3) is 2.96. The van der Waals surface area contributed by atoms with Crippen LogP contribution in [0.5, 0.6) is 5.75 Å². The molecule has 2 aliphatic rings. The molecule has 3 N–H and O–H groups in total. The van der Waals surface area contributed by atoms with Gasteiger partial charge in [-0.05, 0) is 61.3 Å². The summed E-state index contributed by atoms with van der Waals surface area (Å²) >= 11 is 1.74. The molecular weight excluding hydrogens is 402 g/mol. The SMILES string of the molecule is COc1c(-c2cc3c(s2)CCCC3CO)c(C2CC2)cc2c(=O)c(C(=O)O)c[nH]c12. The van der Waals surface area contributed by atoms with Gasteiger partial charge in [0.05, 0.1) is 18.0 Å². The molecule has 2 heterocycles. The number of aromatic amines is 1. The minimum absolute atomic E-state index is 0.152. The minimum Gasteiger partial charge on any atom is -0.494 e. The van der Waals surface area contributed by atoms with Crippen molar-refractivity contribution in [2.45, 2.75) is 43.9 Å². The van der Waals surface area contributed by atoms with E-state index in [1.807, 2.05) is 6.07 Å². The number of fused-ring (bicyclic) bond motifs is 2. The first-order valence-corrected chi connectivity index (χ1v) is 11.1. The number of carboxylic acids is 1. The molecule has 0 radical (unpaired) electrons. The first kappa shape index (κ1) is 19.3. The molecule has 1 aromatic carbocycles. The summed E-state index contributed by atoms with van der Waals surface area (Å²) in [5, 5.41) is 19.5. The van der Waals surface area contributed by atoms with Crippen LogP contribution in [0.3, 0.4) is 0 Å². The van der Waals surface area contributed by atoms with E-state index in [1.165, 1.54) is 16.6 Å². The van der Waals surface area contributed by atoms with Gasteiger partial charge in [-0.15, -0.1) is 11.3 Å². The molecule has 6 nitrogen and oxygen atoms in total. The molecule has 0 saturated heterocycles. The van der Waals surface area contributed by atoms with Crippen LogP contribution in [0.4, 0.5) is 0 Å². The molecule has 1 fully saturated rings. The molecule has 0 bridgehead atoms. The number of ether oxygens (including phenoxy) is 1. The Morgan fingerprint density at radius 2 is 2.07 bits per heavy atom. The number of nitrogens with one attached hydrogen (secondary N) is 1. The van der Waals surface area contributed by atoms with E-state index in [0.29, 0.717) is 22.6 Å². The Kier molecular flexibility index (Phi) is 4.67. The number of pyridine rings is 1. The number of hydrogen-bond donors (Lipinski definition) is 3. The molecule has 7 heteroatoms. The van der Waals surface area contributed by atoms with Crippen molar-refractivity contribution in [3.63, 3.8) is 0 Å². The standard InChI is InChI=1S/C23H23NO5S/c1-29-22-19(18-8-13-12(10-25)3-2-4-17(13)30-18)14(11-5-6-11)7-15-20(22)24-9-16(21(15)26)23(27)28/h7-9,11-12,25H,2-6,10H2,1H3,(H,24,26)(H,27,28). The number of aryl methyl sites for hydroxylation is 1. The van der Waals surface area contributed by atoms with Gasteiger partial charge in [0.15, 0.2) is 5.75 Å².